The van der Waals surface area contributed by atoms with Crippen LogP contribution >= 0.6 is 11.6 Å². The molecule has 4 fully saturated rings. The predicted molar refractivity (Wildman–Crippen MR) is 87.4 cm³/mol. The lowest BCUT2D eigenvalue weighted by atomic mass is 9.52. The molecule has 23 heavy (non-hydrogen) atoms. The molecule has 0 radical (unpaired) electrons. The van der Waals surface area contributed by atoms with Crippen molar-refractivity contribution < 1.29 is 13.9 Å². The van der Waals surface area contributed by atoms with Gasteiger partial charge in [0.15, 0.2) is 5.78 Å². The summed E-state index contributed by atoms with van der Waals surface area (Å²) in [7, 11) is 0. The van der Waals surface area contributed by atoms with Crippen LogP contribution in [0.3, 0.4) is 0 Å². The van der Waals surface area contributed by atoms with E-state index in [9.17, 15) is 9.18 Å². The normalized spacial score (nSPS) is 34.7. The number of halogens is 2. The Bertz CT molecular complexity index is 615. The Morgan fingerprint density at radius 1 is 1.17 bits per heavy atom. The summed E-state index contributed by atoms with van der Waals surface area (Å²) in [6, 6.07) is 2.64. The average molecular weight is 337 g/mol. The van der Waals surface area contributed by atoms with E-state index < -0.39 is 5.82 Å². The minimum Gasteiger partial charge on any atom is -0.492 e. The van der Waals surface area contributed by atoms with Gasteiger partial charge in [-0.2, -0.15) is 0 Å². The fraction of sp³-hybridized carbons (Fsp3) is 0.632. The molecule has 0 saturated heterocycles. The van der Waals surface area contributed by atoms with Gasteiger partial charge in [-0.05, 0) is 74.7 Å². The maximum absolute atomic E-state index is 14.0. The van der Waals surface area contributed by atoms with E-state index in [2.05, 4.69) is 0 Å². The fourth-order valence-corrected chi connectivity index (χ4v) is 5.62. The molecular weight excluding hydrogens is 315 g/mol. The number of carbonyl (C=O) groups is 1. The van der Waals surface area contributed by atoms with Crippen molar-refractivity contribution in [2.45, 2.75) is 39.0 Å². The van der Waals surface area contributed by atoms with Crippen molar-refractivity contribution in [2.75, 3.05) is 6.61 Å². The van der Waals surface area contributed by atoms with Gasteiger partial charge >= 0.3 is 0 Å². The van der Waals surface area contributed by atoms with Gasteiger partial charge in [0.1, 0.15) is 11.6 Å². The van der Waals surface area contributed by atoms with Crippen molar-refractivity contribution >= 4 is 17.4 Å². The summed E-state index contributed by atoms with van der Waals surface area (Å²) in [5, 5.41) is 0.320. The molecule has 0 amide bonds. The van der Waals surface area contributed by atoms with Crippen LogP contribution < -0.4 is 4.74 Å². The van der Waals surface area contributed by atoms with Crippen LogP contribution in [0, 0.1) is 35.4 Å². The van der Waals surface area contributed by atoms with Crippen LogP contribution in [0.25, 0.3) is 0 Å². The minimum absolute atomic E-state index is 0.0250. The van der Waals surface area contributed by atoms with E-state index in [0.29, 0.717) is 23.3 Å². The molecule has 4 heteroatoms. The summed E-state index contributed by atoms with van der Waals surface area (Å²) >= 11 is 6.17. The molecule has 0 unspecified atom stereocenters. The van der Waals surface area contributed by atoms with Gasteiger partial charge < -0.3 is 4.74 Å². The SMILES string of the molecule is CC(=O)c1cc(Cl)c(OCC2C3CC4CC(C3)CC2C4)cc1F. The van der Waals surface area contributed by atoms with Crippen molar-refractivity contribution in [3.05, 3.63) is 28.5 Å². The first-order valence-corrected chi connectivity index (χ1v) is 9.01. The van der Waals surface area contributed by atoms with Gasteiger partial charge in [0.2, 0.25) is 0 Å². The number of carbonyl (C=O) groups excluding carboxylic acids is 1. The zero-order chi connectivity index (χ0) is 16.1. The Labute approximate surface area is 141 Å². The van der Waals surface area contributed by atoms with Gasteiger partial charge in [-0.15, -0.1) is 0 Å². The Kier molecular flexibility index (Phi) is 3.87. The van der Waals surface area contributed by atoms with Gasteiger partial charge in [0.05, 0.1) is 17.2 Å². The molecule has 4 aliphatic rings. The fourth-order valence-electron chi connectivity index (χ4n) is 5.41. The zero-order valence-electron chi connectivity index (χ0n) is 13.4. The molecule has 124 valence electrons. The van der Waals surface area contributed by atoms with Gasteiger partial charge in [-0.25, -0.2) is 4.39 Å². The number of Topliss-reactive ketones (excluding diaryl/α,β-unsaturated/α-hetero) is 1. The number of rotatable bonds is 4. The van der Waals surface area contributed by atoms with Gasteiger partial charge in [0, 0.05) is 6.07 Å². The highest BCUT2D eigenvalue weighted by molar-refractivity contribution is 6.32. The highest BCUT2D eigenvalue weighted by Gasteiger charge is 2.48. The predicted octanol–water partition coefficient (Wildman–Crippen LogP) is 5.13. The second-order valence-corrected chi connectivity index (χ2v) is 8.13. The molecule has 4 bridgehead atoms. The van der Waals surface area contributed by atoms with E-state index in [-0.39, 0.29) is 11.3 Å². The Hall–Kier alpha value is -1.09. The van der Waals surface area contributed by atoms with Crippen molar-refractivity contribution in [1.29, 1.82) is 0 Å². The Balaban J connectivity index is 1.47. The summed E-state index contributed by atoms with van der Waals surface area (Å²) in [6.07, 6.45) is 6.79. The largest absolute Gasteiger partial charge is 0.492 e. The number of hydrogen-bond donors (Lipinski definition) is 0. The molecule has 0 aromatic heterocycles. The van der Waals surface area contributed by atoms with E-state index in [1.54, 1.807) is 0 Å². The van der Waals surface area contributed by atoms with E-state index in [1.165, 1.54) is 51.2 Å². The zero-order valence-corrected chi connectivity index (χ0v) is 14.1. The van der Waals surface area contributed by atoms with E-state index in [4.69, 9.17) is 16.3 Å². The Morgan fingerprint density at radius 2 is 1.78 bits per heavy atom. The number of ether oxygens (including phenoxy) is 1. The number of benzene rings is 1. The maximum atomic E-state index is 14.0. The summed E-state index contributed by atoms with van der Waals surface area (Å²) < 4.78 is 19.9. The highest BCUT2D eigenvalue weighted by atomic mass is 35.5. The molecule has 1 aromatic carbocycles. The third kappa shape index (κ3) is 2.77. The topological polar surface area (TPSA) is 26.3 Å². The Morgan fingerprint density at radius 3 is 2.35 bits per heavy atom. The van der Waals surface area contributed by atoms with Crippen molar-refractivity contribution in [1.82, 2.24) is 0 Å². The van der Waals surface area contributed by atoms with Crippen LogP contribution in [-0.2, 0) is 0 Å². The first-order chi connectivity index (χ1) is 11.0. The molecule has 0 heterocycles. The molecule has 5 rings (SSSR count). The van der Waals surface area contributed by atoms with E-state index in [0.717, 1.165) is 23.7 Å². The lowest BCUT2D eigenvalue weighted by Gasteiger charge is -2.54. The van der Waals surface area contributed by atoms with Crippen LogP contribution in [-0.4, -0.2) is 12.4 Å². The molecule has 4 saturated carbocycles. The minimum atomic E-state index is -0.554. The van der Waals surface area contributed by atoms with Crippen molar-refractivity contribution in [2.24, 2.45) is 29.6 Å². The molecule has 4 aliphatic carbocycles. The average Bonchev–Trinajstić information content (AvgIpc) is 2.48. The summed E-state index contributed by atoms with van der Waals surface area (Å²) in [5.74, 6) is 3.48. The van der Waals surface area contributed by atoms with Gasteiger partial charge in [-0.1, -0.05) is 11.6 Å². The molecule has 0 aliphatic heterocycles. The maximum Gasteiger partial charge on any atom is 0.162 e. The summed E-state index contributed by atoms with van der Waals surface area (Å²) in [4.78, 5) is 11.4. The van der Waals surface area contributed by atoms with Crippen molar-refractivity contribution in [3.63, 3.8) is 0 Å². The lowest BCUT2D eigenvalue weighted by Crippen LogP contribution is -2.47. The van der Waals surface area contributed by atoms with Crippen LogP contribution in [0.4, 0.5) is 4.39 Å². The monoisotopic (exact) mass is 336 g/mol. The van der Waals surface area contributed by atoms with Crippen LogP contribution in [0.1, 0.15) is 49.4 Å². The third-order valence-corrected chi connectivity index (χ3v) is 6.55. The van der Waals surface area contributed by atoms with Crippen LogP contribution in [0.15, 0.2) is 12.1 Å². The van der Waals surface area contributed by atoms with Crippen LogP contribution in [0.2, 0.25) is 5.02 Å². The molecular formula is C19H22ClFO2. The lowest BCUT2D eigenvalue weighted by molar-refractivity contribution is -0.0529. The van der Waals surface area contributed by atoms with Gasteiger partial charge in [0.25, 0.3) is 0 Å². The first kappa shape index (κ1) is 15.4. The van der Waals surface area contributed by atoms with Crippen LogP contribution in [0.5, 0.6) is 5.75 Å². The van der Waals surface area contributed by atoms with E-state index >= 15 is 0 Å². The highest BCUT2D eigenvalue weighted by Crippen LogP contribution is 2.56. The second kappa shape index (κ2) is 5.77. The molecule has 0 atom stereocenters. The number of hydrogen-bond acceptors (Lipinski definition) is 2. The summed E-state index contributed by atoms with van der Waals surface area (Å²) in [6.45, 7) is 1.96. The summed E-state index contributed by atoms with van der Waals surface area (Å²) in [5.41, 5.74) is 0.0250. The molecule has 2 nitrogen and oxygen atoms in total. The smallest absolute Gasteiger partial charge is 0.162 e. The molecule has 0 N–H and O–H groups in total. The standard InChI is InChI=1S/C19H22ClFO2/c1-10(22)15-7-17(20)19(8-18(15)21)23-9-16-13-3-11-2-12(5-13)6-14(16)4-11/h7-8,11-14,16H,2-6,9H2,1H3. The molecule has 1 aromatic rings. The van der Waals surface area contributed by atoms with Crippen molar-refractivity contribution in [3.8, 4) is 5.75 Å². The third-order valence-electron chi connectivity index (χ3n) is 6.25. The quantitative estimate of drug-likeness (QED) is 0.712. The first-order valence-electron chi connectivity index (χ1n) is 8.64. The number of ketones is 1. The second-order valence-electron chi connectivity index (χ2n) is 7.72. The van der Waals surface area contributed by atoms with E-state index in [1.807, 2.05) is 0 Å². The van der Waals surface area contributed by atoms with Gasteiger partial charge in [-0.3, -0.25) is 4.79 Å². The molecule has 0 spiro atoms.